The van der Waals surface area contributed by atoms with Crippen LogP contribution >= 0.6 is 0 Å². The van der Waals surface area contributed by atoms with Crippen molar-refractivity contribution >= 4 is 55.6 Å². The van der Waals surface area contributed by atoms with Gasteiger partial charge in [-0.2, -0.15) is 0 Å². The summed E-state index contributed by atoms with van der Waals surface area (Å²) in [5.74, 6) is -5.02. The molecule has 13 nitrogen and oxygen atoms in total. The fourth-order valence-electron chi connectivity index (χ4n) is 0.714. The molecule has 0 spiro atoms. The molecule has 0 aliphatic rings. The summed E-state index contributed by atoms with van der Waals surface area (Å²) in [5, 5.41) is 33.8. The quantitative estimate of drug-likeness (QED) is 0.349. The van der Waals surface area contributed by atoms with Crippen molar-refractivity contribution in [2.75, 3.05) is 0 Å². The second-order valence-electron chi connectivity index (χ2n) is 2.48. The molecule has 0 aliphatic heterocycles. The Bertz CT molecular complexity index is 237. The summed E-state index contributed by atoms with van der Waals surface area (Å²) in [7, 11) is 0. The molecule has 16 N–H and O–H groups in total. The van der Waals surface area contributed by atoms with E-state index in [2.05, 4.69) is 0 Å². The van der Waals surface area contributed by atoms with Crippen LogP contribution < -0.4 is 0 Å². The first-order valence-electron chi connectivity index (χ1n) is 3.17. The van der Waals surface area contributed by atoms with Crippen molar-refractivity contribution in [3.8, 4) is 0 Å². The molecule has 0 amide bonds. The average Bonchev–Trinajstić information content (AvgIpc) is 1.82. The molecule has 0 saturated carbocycles. The van der Waals surface area contributed by atoms with E-state index in [-0.39, 0.29) is 70.6 Å². The number of carboxylic acid groups (broad SMARTS) is 3. The normalized spacial score (nSPS) is 7.05. The number of carbonyl (C=O) groups is 3. The summed E-state index contributed by atoms with van der Waals surface area (Å²) in [4.78, 5) is 30.5. The van der Waals surface area contributed by atoms with E-state index in [0.29, 0.717) is 0 Å². The van der Waals surface area contributed by atoms with Crippen molar-refractivity contribution in [1.82, 2.24) is 0 Å². The Kier molecular flexibility index (Phi) is 52.3. The van der Waals surface area contributed by atoms with Crippen molar-refractivity contribution in [2.24, 2.45) is 0 Å². The SMILES string of the molecule is O.O.O.O.O.O.O=C(O)CC(O)(CC(=O)O)C(=O)O.[CaH2]. The van der Waals surface area contributed by atoms with Gasteiger partial charge in [0.25, 0.3) is 0 Å². The molecule has 126 valence electrons. The van der Waals surface area contributed by atoms with Crippen LogP contribution in [0, 0.1) is 0 Å². The summed E-state index contributed by atoms with van der Waals surface area (Å²) in [6, 6.07) is 0. The third-order valence-electron chi connectivity index (χ3n) is 1.29. The van der Waals surface area contributed by atoms with E-state index >= 15 is 0 Å². The van der Waals surface area contributed by atoms with Gasteiger partial charge in [-0.3, -0.25) is 9.59 Å². The van der Waals surface area contributed by atoms with Gasteiger partial charge in [-0.05, 0) is 0 Å². The van der Waals surface area contributed by atoms with Gasteiger partial charge in [-0.25, -0.2) is 4.79 Å². The van der Waals surface area contributed by atoms with Gasteiger partial charge < -0.3 is 53.3 Å². The molecule has 20 heavy (non-hydrogen) atoms. The molecule has 0 aromatic heterocycles. The molecule has 0 saturated heterocycles. The molecule has 0 radical (unpaired) electrons. The third-order valence-corrected chi connectivity index (χ3v) is 1.29. The Balaban J connectivity index is -0.0000000343. The number of hydrogen-bond donors (Lipinski definition) is 4. The predicted octanol–water partition coefficient (Wildman–Crippen LogP) is -7.11. The molecule has 0 unspecified atom stereocenters. The van der Waals surface area contributed by atoms with Crippen molar-refractivity contribution < 1.29 is 67.7 Å². The zero-order chi connectivity index (χ0) is 10.6. The maximum absolute atomic E-state index is 10.3. The Morgan fingerprint density at radius 1 is 0.700 bits per heavy atom. The van der Waals surface area contributed by atoms with Crippen LogP contribution in [0.3, 0.4) is 0 Å². The zero-order valence-electron chi connectivity index (χ0n) is 9.43. The summed E-state index contributed by atoms with van der Waals surface area (Å²) in [5.41, 5.74) is -2.74. The molecule has 0 bridgehead atoms. The van der Waals surface area contributed by atoms with Crippen LogP contribution in [-0.4, -0.2) is 115 Å². The Labute approximate surface area is 141 Å². The van der Waals surface area contributed by atoms with E-state index in [1.807, 2.05) is 0 Å². The Morgan fingerprint density at radius 3 is 1.00 bits per heavy atom. The van der Waals surface area contributed by atoms with Crippen LogP contribution in [0.5, 0.6) is 0 Å². The van der Waals surface area contributed by atoms with Crippen molar-refractivity contribution in [3.63, 3.8) is 0 Å². The van der Waals surface area contributed by atoms with E-state index in [1.54, 1.807) is 0 Å². The van der Waals surface area contributed by atoms with Gasteiger partial charge in [0, 0.05) is 0 Å². The van der Waals surface area contributed by atoms with Gasteiger partial charge >= 0.3 is 55.6 Å². The molecule has 0 aromatic carbocycles. The van der Waals surface area contributed by atoms with Gasteiger partial charge in [-0.15, -0.1) is 0 Å². The minimum absolute atomic E-state index is 0. The average molecular weight is 342 g/mol. The monoisotopic (exact) mass is 342 g/mol. The molecule has 0 aliphatic carbocycles. The molecule has 14 heteroatoms. The molecule has 0 rings (SSSR count). The molecular formula is C6H22CaO13. The van der Waals surface area contributed by atoms with Gasteiger partial charge in [-0.1, -0.05) is 0 Å². The predicted molar refractivity (Wildman–Crippen MR) is 67.3 cm³/mol. The first kappa shape index (κ1) is 50.5. The van der Waals surface area contributed by atoms with E-state index in [4.69, 9.17) is 20.4 Å². The number of aliphatic carboxylic acids is 3. The number of aliphatic hydroxyl groups is 1. The number of rotatable bonds is 5. The molecule has 0 atom stereocenters. The first-order valence-corrected chi connectivity index (χ1v) is 3.17. The van der Waals surface area contributed by atoms with E-state index < -0.39 is 36.4 Å². The molecule has 0 heterocycles. The van der Waals surface area contributed by atoms with Crippen LogP contribution in [0.4, 0.5) is 0 Å². The topological polar surface area (TPSA) is 321 Å². The van der Waals surface area contributed by atoms with Crippen LogP contribution in [0.2, 0.25) is 0 Å². The first-order chi connectivity index (χ1) is 5.78. The molecular weight excluding hydrogens is 320 g/mol. The fraction of sp³-hybridized carbons (Fsp3) is 0.500. The Hall–Kier alpha value is -0.610. The van der Waals surface area contributed by atoms with E-state index in [9.17, 15) is 14.4 Å². The van der Waals surface area contributed by atoms with Gasteiger partial charge in [0.15, 0.2) is 5.60 Å². The van der Waals surface area contributed by atoms with Crippen molar-refractivity contribution in [3.05, 3.63) is 0 Å². The standard InChI is InChI=1S/C6H8O7.Ca.6H2O.2H/c7-3(8)1-6(13,5(11)12)2-4(9)10;;;;;;;;;/h13H,1-2H2,(H,7,8)(H,9,10)(H,11,12);;6*1H2;;. The summed E-state index contributed by atoms with van der Waals surface area (Å²) < 4.78 is 0. The Morgan fingerprint density at radius 2 is 0.900 bits per heavy atom. The second kappa shape index (κ2) is 20.7. The van der Waals surface area contributed by atoms with Gasteiger partial charge in [0.2, 0.25) is 0 Å². The number of hydrogen-bond acceptors (Lipinski definition) is 4. The van der Waals surface area contributed by atoms with Crippen molar-refractivity contribution in [1.29, 1.82) is 0 Å². The summed E-state index contributed by atoms with van der Waals surface area (Å²) in [6.07, 6.45) is -2.29. The van der Waals surface area contributed by atoms with Crippen LogP contribution in [0.25, 0.3) is 0 Å². The van der Waals surface area contributed by atoms with Crippen LogP contribution in [0.15, 0.2) is 0 Å². The second-order valence-corrected chi connectivity index (χ2v) is 2.48. The molecule has 0 fully saturated rings. The third kappa shape index (κ3) is 19.7. The van der Waals surface area contributed by atoms with E-state index in [1.165, 1.54) is 0 Å². The summed E-state index contributed by atoms with van der Waals surface area (Å²) in [6.45, 7) is 0. The van der Waals surface area contributed by atoms with Gasteiger partial charge in [0.05, 0.1) is 12.8 Å². The fourth-order valence-corrected chi connectivity index (χ4v) is 0.714. The van der Waals surface area contributed by atoms with Gasteiger partial charge in [0.1, 0.15) is 0 Å². The van der Waals surface area contributed by atoms with Crippen LogP contribution in [0.1, 0.15) is 12.8 Å². The van der Waals surface area contributed by atoms with E-state index in [0.717, 1.165) is 0 Å². The summed E-state index contributed by atoms with van der Waals surface area (Å²) >= 11 is 0. The minimum atomic E-state index is -2.74. The number of carboxylic acids is 3. The maximum atomic E-state index is 10.3. The van der Waals surface area contributed by atoms with Crippen LogP contribution in [-0.2, 0) is 14.4 Å². The molecule has 0 aromatic rings. The van der Waals surface area contributed by atoms with Crippen molar-refractivity contribution in [2.45, 2.75) is 18.4 Å². The zero-order valence-corrected chi connectivity index (χ0v) is 9.43.